The Kier molecular flexibility index (Phi) is 4.95. The molecule has 7 heteroatoms. The molecule has 0 saturated carbocycles. The standard InChI is InChI=1S/C10H14N6O/c11-1-3-15(4-2-12)7-10(17)8-16-6-9(13)5-14-16/h5-6,10,17H,3-4,7-8,13H2. The zero-order valence-corrected chi connectivity index (χ0v) is 9.32. The van der Waals surface area contributed by atoms with Gasteiger partial charge in [0.2, 0.25) is 0 Å². The van der Waals surface area contributed by atoms with Crippen molar-refractivity contribution in [3.05, 3.63) is 12.4 Å². The first-order valence-corrected chi connectivity index (χ1v) is 5.08. The van der Waals surface area contributed by atoms with Gasteiger partial charge in [0.1, 0.15) is 0 Å². The van der Waals surface area contributed by atoms with Crippen molar-refractivity contribution in [1.29, 1.82) is 10.5 Å². The summed E-state index contributed by atoms with van der Waals surface area (Å²) in [6.07, 6.45) is 2.41. The van der Waals surface area contributed by atoms with E-state index in [4.69, 9.17) is 16.3 Å². The number of rotatable bonds is 6. The molecule has 17 heavy (non-hydrogen) atoms. The fourth-order valence-electron chi connectivity index (χ4n) is 1.44. The van der Waals surface area contributed by atoms with E-state index in [-0.39, 0.29) is 26.2 Å². The third-order valence-corrected chi connectivity index (χ3v) is 2.11. The first-order chi connectivity index (χ1) is 8.15. The maximum Gasteiger partial charge on any atom is 0.0875 e. The lowest BCUT2D eigenvalue weighted by Crippen LogP contribution is -2.35. The molecule has 1 unspecified atom stereocenters. The Hall–Kier alpha value is -2.09. The molecule has 0 aliphatic carbocycles. The minimum atomic E-state index is -0.698. The van der Waals surface area contributed by atoms with Crippen molar-refractivity contribution in [1.82, 2.24) is 14.7 Å². The van der Waals surface area contributed by atoms with E-state index in [1.54, 1.807) is 11.1 Å². The molecule has 1 rings (SSSR count). The number of aliphatic hydroxyl groups is 1. The van der Waals surface area contributed by atoms with E-state index in [9.17, 15) is 5.11 Å². The number of nitrogens with zero attached hydrogens (tertiary/aromatic N) is 5. The number of aliphatic hydroxyl groups excluding tert-OH is 1. The Morgan fingerprint density at radius 1 is 1.47 bits per heavy atom. The highest BCUT2D eigenvalue weighted by Gasteiger charge is 2.12. The number of anilines is 1. The van der Waals surface area contributed by atoms with Gasteiger partial charge in [-0.15, -0.1) is 0 Å². The molecule has 0 bridgehead atoms. The van der Waals surface area contributed by atoms with Crippen LogP contribution in [0.25, 0.3) is 0 Å². The quantitative estimate of drug-likeness (QED) is 0.621. The largest absolute Gasteiger partial charge is 0.396 e. The summed E-state index contributed by atoms with van der Waals surface area (Å²) in [5.74, 6) is 0. The molecular weight excluding hydrogens is 220 g/mol. The molecule has 0 amide bonds. The smallest absolute Gasteiger partial charge is 0.0875 e. The molecule has 1 aromatic rings. The molecule has 0 aliphatic heterocycles. The van der Waals surface area contributed by atoms with Crippen molar-refractivity contribution >= 4 is 5.69 Å². The predicted octanol–water partition coefficient (Wildman–Crippen LogP) is -0.825. The van der Waals surface area contributed by atoms with E-state index in [1.807, 2.05) is 12.1 Å². The van der Waals surface area contributed by atoms with Crippen LogP contribution in [-0.4, -0.2) is 45.5 Å². The van der Waals surface area contributed by atoms with Crippen LogP contribution in [0.15, 0.2) is 12.4 Å². The third-order valence-electron chi connectivity index (χ3n) is 2.11. The molecule has 90 valence electrons. The maximum atomic E-state index is 9.77. The summed E-state index contributed by atoms with van der Waals surface area (Å²) in [4.78, 5) is 1.57. The second-order valence-corrected chi connectivity index (χ2v) is 3.64. The Bertz CT molecular complexity index is 413. The summed E-state index contributed by atoms with van der Waals surface area (Å²) >= 11 is 0. The van der Waals surface area contributed by atoms with Crippen LogP contribution in [-0.2, 0) is 6.54 Å². The van der Waals surface area contributed by atoms with Gasteiger partial charge in [-0.2, -0.15) is 15.6 Å². The third kappa shape index (κ3) is 4.51. The lowest BCUT2D eigenvalue weighted by atomic mass is 10.3. The van der Waals surface area contributed by atoms with Crippen molar-refractivity contribution in [3.63, 3.8) is 0 Å². The van der Waals surface area contributed by atoms with E-state index in [1.165, 1.54) is 10.9 Å². The van der Waals surface area contributed by atoms with Crippen molar-refractivity contribution in [2.75, 3.05) is 25.4 Å². The number of aromatic nitrogens is 2. The van der Waals surface area contributed by atoms with E-state index in [0.29, 0.717) is 5.69 Å². The number of nitriles is 2. The Labute approximate surface area is 99.3 Å². The zero-order valence-electron chi connectivity index (χ0n) is 9.32. The van der Waals surface area contributed by atoms with Crippen molar-refractivity contribution in [2.24, 2.45) is 0 Å². The summed E-state index contributed by atoms with van der Waals surface area (Å²) in [6.45, 7) is 0.767. The first kappa shape index (κ1) is 13.0. The van der Waals surface area contributed by atoms with Crippen LogP contribution in [0.4, 0.5) is 5.69 Å². The minimum absolute atomic E-state index is 0.117. The molecule has 0 saturated heterocycles. The van der Waals surface area contributed by atoms with Crippen LogP contribution < -0.4 is 5.73 Å². The summed E-state index contributed by atoms with van der Waals surface area (Å²) in [5.41, 5.74) is 6.02. The molecule has 0 aliphatic rings. The van der Waals surface area contributed by atoms with Gasteiger partial charge in [-0.05, 0) is 0 Å². The second kappa shape index (κ2) is 6.48. The van der Waals surface area contributed by atoms with Gasteiger partial charge in [0.05, 0.1) is 49.8 Å². The zero-order chi connectivity index (χ0) is 12.7. The molecule has 1 heterocycles. The van der Waals surface area contributed by atoms with Crippen LogP contribution in [0.2, 0.25) is 0 Å². The van der Waals surface area contributed by atoms with Gasteiger partial charge >= 0.3 is 0 Å². The Balaban J connectivity index is 2.45. The van der Waals surface area contributed by atoms with Gasteiger partial charge in [0.15, 0.2) is 0 Å². The van der Waals surface area contributed by atoms with Crippen molar-refractivity contribution in [2.45, 2.75) is 12.6 Å². The van der Waals surface area contributed by atoms with Crippen molar-refractivity contribution in [3.8, 4) is 12.1 Å². The average molecular weight is 234 g/mol. The fraction of sp³-hybridized carbons (Fsp3) is 0.500. The van der Waals surface area contributed by atoms with E-state index in [2.05, 4.69) is 5.10 Å². The van der Waals surface area contributed by atoms with Crippen LogP contribution >= 0.6 is 0 Å². The lowest BCUT2D eigenvalue weighted by Gasteiger charge is -2.19. The summed E-state index contributed by atoms with van der Waals surface area (Å²) < 4.78 is 1.52. The van der Waals surface area contributed by atoms with E-state index >= 15 is 0 Å². The van der Waals surface area contributed by atoms with Gasteiger partial charge in [-0.3, -0.25) is 9.58 Å². The molecule has 7 nitrogen and oxygen atoms in total. The van der Waals surface area contributed by atoms with E-state index < -0.39 is 6.10 Å². The second-order valence-electron chi connectivity index (χ2n) is 3.64. The van der Waals surface area contributed by atoms with Gasteiger partial charge in [0.25, 0.3) is 0 Å². The SMILES string of the molecule is N#CCN(CC#N)CC(O)Cn1cc(N)cn1. The molecule has 0 aromatic carbocycles. The van der Waals surface area contributed by atoms with E-state index in [0.717, 1.165) is 0 Å². The Morgan fingerprint density at radius 2 is 2.12 bits per heavy atom. The Morgan fingerprint density at radius 3 is 2.59 bits per heavy atom. The number of hydrogen-bond acceptors (Lipinski definition) is 6. The van der Waals surface area contributed by atoms with Crippen LogP contribution in [0.3, 0.4) is 0 Å². The molecule has 1 aromatic heterocycles. The summed E-state index contributed by atoms with van der Waals surface area (Å²) in [5, 5.41) is 30.8. The molecule has 0 radical (unpaired) electrons. The molecular formula is C10H14N6O. The van der Waals surface area contributed by atoms with Crippen molar-refractivity contribution < 1.29 is 5.11 Å². The van der Waals surface area contributed by atoms with Crippen LogP contribution in [0.5, 0.6) is 0 Å². The van der Waals surface area contributed by atoms with Crippen LogP contribution in [0, 0.1) is 22.7 Å². The molecule has 3 N–H and O–H groups in total. The first-order valence-electron chi connectivity index (χ1n) is 5.08. The average Bonchev–Trinajstić information content (AvgIpc) is 2.64. The minimum Gasteiger partial charge on any atom is -0.396 e. The normalized spacial score (nSPS) is 12.0. The number of hydrogen-bond donors (Lipinski definition) is 2. The number of nitrogens with two attached hydrogens (primary N) is 1. The highest BCUT2D eigenvalue weighted by Crippen LogP contribution is 2.00. The van der Waals surface area contributed by atoms with Gasteiger partial charge < -0.3 is 10.8 Å². The highest BCUT2D eigenvalue weighted by atomic mass is 16.3. The molecule has 1 atom stereocenters. The predicted molar refractivity (Wildman–Crippen MR) is 60.3 cm³/mol. The maximum absolute atomic E-state index is 9.77. The van der Waals surface area contributed by atoms with Gasteiger partial charge in [0, 0.05) is 12.7 Å². The summed E-state index contributed by atoms with van der Waals surface area (Å²) in [6, 6.07) is 3.89. The number of nitrogen functional groups attached to an aromatic ring is 1. The van der Waals surface area contributed by atoms with Gasteiger partial charge in [-0.1, -0.05) is 0 Å². The molecule has 0 fully saturated rings. The lowest BCUT2D eigenvalue weighted by molar-refractivity contribution is 0.106. The van der Waals surface area contributed by atoms with Crippen LogP contribution in [0.1, 0.15) is 0 Å². The topological polar surface area (TPSA) is 115 Å². The molecule has 0 spiro atoms. The fourth-order valence-corrected chi connectivity index (χ4v) is 1.44. The monoisotopic (exact) mass is 234 g/mol. The highest BCUT2D eigenvalue weighted by molar-refractivity contribution is 5.30. The van der Waals surface area contributed by atoms with Gasteiger partial charge in [-0.25, -0.2) is 0 Å². The summed E-state index contributed by atoms with van der Waals surface area (Å²) in [7, 11) is 0.